The lowest BCUT2D eigenvalue weighted by Crippen LogP contribution is -2.42. The van der Waals surface area contributed by atoms with Crippen molar-refractivity contribution in [2.75, 3.05) is 19.6 Å². The first-order valence-corrected chi connectivity index (χ1v) is 5.98. The van der Waals surface area contributed by atoms with Gasteiger partial charge < -0.3 is 10.0 Å². The quantitative estimate of drug-likeness (QED) is 0.813. The van der Waals surface area contributed by atoms with Crippen LogP contribution < -0.4 is 0 Å². The van der Waals surface area contributed by atoms with Crippen molar-refractivity contribution in [1.29, 1.82) is 0 Å². The van der Waals surface area contributed by atoms with Gasteiger partial charge in [-0.05, 0) is 45.8 Å². The lowest BCUT2D eigenvalue weighted by atomic mass is 9.93. The second-order valence-electron chi connectivity index (χ2n) is 5.37. The summed E-state index contributed by atoms with van der Waals surface area (Å²) in [4.78, 5) is 2.34. The Hall–Kier alpha value is -0.870. The third kappa shape index (κ3) is 3.06. The number of nitrogens with one attached hydrogen (secondary N) is 1. The number of rotatable bonds is 3. The second kappa shape index (κ2) is 4.55. The van der Waals surface area contributed by atoms with Crippen LogP contribution in [0.25, 0.3) is 0 Å². The summed E-state index contributed by atoms with van der Waals surface area (Å²) in [5.41, 5.74) is 0.670. The number of likely N-dealkylation sites (tertiary alicyclic amines) is 1. The maximum absolute atomic E-state index is 9.76. The van der Waals surface area contributed by atoms with Gasteiger partial charge in [-0.3, -0.25) is 5.10 Å². The molecule has 4 heteroatoms. The molecule has 0 saturated carbocycles. The van der Waals surface area contributed by atoms with E-state index in [1.807, 2.05) is 20.0 Å². The van der Waals surface area contributed by atoms with Crippen LogP contribution in [0, 0.1) is 0 Å². The monoisotopic (exact) mass is 223 g/mol. The summed E-state index contributed by atoms with van der Waals surface area (Å²) < 4.78 is 0. The van der Waals surface area contributed by atoms with Gasteiger partial charge in [-0.1, -0.05) is 0 Å². The predicted molar refractivity (Wildman–Crippen MR) is 63.3 cm³/mol. The van der Waals surface area contributed by atoms with E-state index in [0.29, 0.717) is 5.92 Å². The molecule has 1 fully saturated rings. The van der Waals surface area contributed by atoms with Gasteiger partial charge >= 0.3 is 0 Å². The van der Waals surface area contributed by atoms with E-state index in [1.54, 1.807) is 0 Å². The van der Waals surface area contributed by atoms with Crippen LogP contribution >= 0.6 is 0 Å². The van der Waals surface area contributed by atoms with E-state index in [-0.39, 0.29) is 0 Å². The lowest BCUT2D eigenvalue weighted by Gasteiger charge is -2.34. The number of β-amino-alcohol motifs (C(OH)–C–C–N with tert-alkyl or cyclic N) is 1. The van der Waals surface area contributed by atoms with Crippen LogP contribution in [0.2, 0.25) is 0 Å². The standard InChI is InChI=1S/C12H21N3O/c1-12(2,16)9-15-7-4-10(5-8-15)11-3-6-13-14-11/h3,6,10,16H,4-5,7-9H2,1-2H3,(H,13,14). The Kier molecular flexibility index (Phi) is 3.30. The minimum Gasteiger partial charge on any atom is -0.389 e. The molecular formula is C12H21N3O. The summed E-state index contributed by atoms with van der Waals surface area (Å²) in [5.74, 6) is 0.612. The number of H-pyrrole nitrogens is 1. The van der Waals surface area contributed by atoms with Crippen LogP contribution in [-0.2, 0) is 0 Å². The van der Waals surface area contributed by atoms with Crippen LogP contribution in [0.1, 0.15) is 38.3 Å². The molecule has 16 heavy (non-hydrogen) atoms. The molecular weight excluding hydrogens is 202 g/mol. The summed E-state index contributed by atoms with van der Waals surface area (Å²) in [5, 5.41) is 16.8. The third-order valence-corrected chi connectivity index (χ3v) is 3.16. The number of aromatic nitrogens is 2. The first-order chi connectivity index (χ1) is 7.54. The maximum Gasteiger partial charge on any atom is 0.0718 e. The van der Waals surface area contributed by atoms with Gasteiger partial charge in [0.05, 0.1) is 5.60 Å². The van der Waals surface area contributed by atoms with E-state index in [2.05, 4.69) is 21.2 Å². The Morgan fingerprint density at radius 3 is 2.69 bits per heavy atom. The molecule has 0 aromatic carbocycles. The summed E-state index contributed by atoms with van der Waals surface area (Å²) in [6, 6.07) is 2.07. The average molecular weight is 223 g/mol. The van der Waals surface area contributed by atoms with Gasteiger partial charge in [-0.15, -0.1) is 0 Å². The molecule has 0 atom stereocenters. The minimum atomic E-state index is -0.583. The van der Waals surface area contributed by atoms with Crippen LogP contribution in [0.4, 0.5) is 0 Å². The van der Waals surface area contributed by atoms with Gasteiger partial charge in [0.2, 0.25) is 0 Å². The smallest absolute Gasteiger partial charge is 0.0718 e. The highest BCUT2D eigenvalue weighted by Gasteiger charge is 2.25. The molecule has 0 spiro atoms. The minimum absolute atomic E-state index is 0.583. The van der Waals surface area contributed by atoms with Crippen LogP contribution in [0.3, 0.4) is 0 Å². The normalized spacial score (nSPS) is 20.2. The largest absolute Gasteiger partial charge is 0.389 e. The van der Waals surface area contributed by atoms with Crippen molar-refractivity contribution >= 4 is 0 Å². The Morgan fingerprint density at radius 2 is 2.19 bits per heavy atom. The number of hydrogen-bond donors (Lipinski definition) is 2. The Morgan fingerprint density at radius 1 is 1.50 bits per heavy atom. The zero-order valence-corrected chi connectivity index (χ0v) is 10.1. The van der Waals surface area contributed by atoms with Gasteiger partial charge in [0.1, 0.15) is 0 Å². The predicted octanol–water partition coefficient (Wildman–Crippen LogP) is 1.36. The number of nitrogens with zero attached hydrogens (tertiary/aromatic N) is 2. The second-order valence-corrected chi connectivity index (χ2v) is 5.37. The van der Waals surface area contributed by atoms with E-state index >= 15 is 0 Å². The van der Waals surface area contributed by atoms with Crippen molar-refractivity contribution in [3.8, 4) is 0 Å². The molecule has 1 aromatic heterocycles. The van der Waals surface area contributed by atoms with Crippen LogP contribution in [0.5, 0.6) is 0 Å². The molecule has 0 amide bonds. The van der Waals surface area contributed by atoms with Crippen molar-refractivity contribution in [3.05, 3.63) is 18.0 Å². The van der Waals surface area contributed by atoms with Gasteiger partial charge in [-0.2, -0.15) is 5.10 Å². The van der Waals surface area contributed by atoms with Crippen LogP contribution in [-0.4, -0.2) is 45.4 Å². The fourth-order valence-electron chi connectivity index (χ4n) is 2.44. The number of hydrogen-bond acceptors (Lipinski definition) is 3. The zero-order chi connectivity index (χ0) is 11.6. The molecule has 0 unspecified atom stereocenters. The molecule has 2 N–H and O–H groups in total. The molecule has 1 aliphatic heterocycles. The molecule has 2 rings (SSSR count). The summed E-state index contributed by atoms with van der Waals surface area (Å²) >= 11 is 0. The SMILES string of the molecule is CC(C)(O)CN1CCC(c2ccn[nH]2)CC1. The van der Waals surface area contributed by atoms with E-state index in [4.69, 9.17) is 0 Å². The molecule has 1 aliphatic rings. The highest BCUT2D eigenvalue weighted by molar-refractivity contribution is 5.06. The van der Waals surface area contributed by atoms with Crippen LogP contribution in [0.15, 0.2) is 12.3 Å². The first-order valence-electron chi connectivity index (χ1n) is 5.98. The molecule has 2 heterocycles. The number of piperidine rings is 1. The summed E-state index contributed by atoms with van der Waals surface area (Å²) in [7, 11) is 0. The molecule has 0 radical (unpaired) electrons. The Balaban J connectivity index is 1.83. The first kappa shape index (κ1) is 11.6. The number of aliphatic hydroxyl groups is 1. The highest BCUT2D eigenvalue weighted by atomic mass is 16.3. The van der Waals surface area contributed by atoms with Crippen molar-refractivity contribution < 1.29 is 5.11 Å². The zero-order valence-electron chi connectivity index (χ0n) is 10.1. The van der Waals surface area contributed by atoms with Gasteiger partial charge in [0.15, 0.2) is 0 Å². The van der Waals surface area contributed by atoms with E-state index in [9.17, 15) is 5.11 Å². The van der Waals surface area contributed by atoms with Gasteiger partial charge in [0.25, 0.3) is 0 Å². The van der Waals surface area contributed by atoms with Crippen molar-refractivity contribution in [3.63, 3.8) is 0 Å². The molecule has 1 aromatic rings. The van der Waals surface area contributed by atoms with E-state index in [1.165, 1.54) is 5.69 Å². The maximum atomic E-state index is 9.76. The van der Waals surface area contributed by atoms with E-state index < -0.39 is 5.60 Å². The Bertz CT molecular complexity index is 308. The topological polar surface area (TPSA) is 52.1 Å². The fourth-order valence-corrected chi connectivity index (χ4v) is 2.44. The van der Waals surface area contributed by atoms with E-state index in [0.717, 1.165) is 32.5 Å². The van der Waals surface area contributed by atoms with Crippen molar-refractivity contribution in [2.24, 2.45) is 0 Å². The fraction of sp³-hybridized carbons (Fsp3) is 0.750. The molecule has 0 bridgehead atoms. The number of aromatic amines is 1. The average Bonchev–Trinajstić information content (AvgIpc) is 2.69. The molecule has 0 aliphatic carbocycles. The lowest BCUT2D eigenvalue weighted by molar-refractivity contribution is 0.0280. The van der Waals surface area contributed by atoms with Gasteiger partial charge in [-0.25, -0.2) is 0 Å². The summed E-state index contributed by atoms with van der Waals surface area (Å²) in [6.45, 7) is 6.63. The van der Waals surface area contributed by atoms with Gasteiger partial charge in [0, 0.05) is 24.4 Å². The highest BCUT2D eigenvalue weighted by Crippen LogP contribution is 2.26. The Labute approximate surface area is 96.7 Å². The third-order valence-electron chi connectivity index (χ3n) is 3.16. The van der Waals surface area contributed by atoms with Crippen molar-refractivity contribution in [1.82, 2.24) is 15.1 Å². The summed E-state index contributed by atoms with van der Waals surface area (Å²) in [6.07, 6.45) is 4.12. The molecule has 1 saturated heterocycles. The molecule has 4 nitrogen and oxygen atoms in total. The molecule has 90 valence electrons. The van der Waals surface area contributed by atoms with Crippen molar-refractivity contribution in [2.45, 2.75) is 38.2 Å².